The van der Waals surface area contributed by atoms with Gasteiger partial charge in [0.1, 0.15) is 5.75 Å². The van der Waals surface area contributed by atoms with Gasteiger partial charge in [-0.15, -0.1) is 0 Å². The Labute approximate surface area is 241 Å². The molecule has 0 unspecified atom stereocenters. The van der Waals surface area contributed by atoms with E-state index in [1.807, 2.05) is 30.3 Å². The molecule has 8 nitrogen and oxygen atoms in total. The first-order chi connectivity index (χ1) is 19.8. The number of sulfonamides is 1. The van der Waals surface area contributed by atoms with Crippen LogP contribution in [0.2, 0.25) is 5.02 Å². The Morgan fingerprint density at radius 2 is 1.41 bits per heavy atom. The molecule has 2 N–H and O–H groups in total. The summed E-state index contributed by atoms with van der Waals surface area (Å²) in [6.07, 6.45) is 1.41. The first-order valence-corrected chi connectivity index (χ1v) is 14.2. The van der Waals surface area contributed by atoms with Gasteiger partial charge in [0, 0.05) is 5.02 Å². The summed E-state index contributed by atoms with van der Waals surface area (Å²) in [7, 11) is -3.95. The van der Waals surface area contributed by atoms with Gasteiger partial charge in [0.25, 0.3) is 15.9 Å². The summed E-state index contributed by atoms with van der Waals surface area (Å²) in [6.45, 7) is 0. The lowest BCUT2D eigenvalue weighted by Gasteiger charge is -2.11. The zero-order valence-electron chi connectivity index (χ0n) is 21.3. The monoisotopic (exact) mass is 583 g/mol. The van der Waals surface area contributed by atoms with E-state index in [-0.39, 0.29) is 16.1 Å². The summed E-state index contributed by atoms with van der Waals surface area (Å²) in [6, 6.07) is 31.4. The van der Waals surface area contributed by atoms with Gasteiger partial charge in [-0.25, -0.2) is 18.6 Å². The van der Waals surface area contributed by atoms with Gasteiger partial charge in [0.05, 0.1) is 27.9 Å². The van der Waals surface area contributed by atoms with Crippen LogP contribution in [0.3, 0.4) is 0 Å². The van der Waals surface area contributed by atoms with Crippen LogP contribution < -0.4 is 14.9 Å². The third-order valence-corrected chi connectivity index (χ3v) is 7.65. The van der Waals surface area contributed by atoms with Crippen molar-refractivity contribution in [3.63, 3.8) is 0 Å². The predicted molar refractivity (Wildman–Crippen MR) is 159 cm³/mol. The molecule has 0 atom stereocenters. The first kappa shape index (κ1) is 27.6. The number of anilines is 1. The van der Waals surface area contributed by atoms with Gasteiger partial charge in [-0.05, 0) is 83.1 Å². The Balaban J connectivity index is 1.22. The minimum absolute atomic E-state index is 0.00128. The minimum atomic E-state index is -3.95. The first-order valence-electron chi connectivity index (χ1n) is 12.3. The molecule has 0 bridgehead atoms. The molecule has 41 heavy (non-hydrogen) atoms. The van der Waals surface area contributed by atoms with Crippen molar-refractivity contribution in [1.29, 1.82) is 0 Å². The summed E-state index contributed by atoms with van der Waals surface area (Å²) in [5.41, 5.74) is 3.67. The number of ether oxygens (including phenoxy) is 1. The molecule has 5 rings (SSSR count). The smallest absolute Gasteiger partial charge is 0.344 e. The number of nitrogens with one attached hydrogen (secondary N) is 2. The summed E-state index contributed by atoms with van der Waals surface area (Å²) in [4.78, 5) is 25.6. The van der Waals surface area contributed by atoms with Crippen LogP contribution in [0.5, 0.6) is 5.75 Å². The zero-order valence-corrected chi connectivity index (χ0v) is 22.9. The third kappa shape index (κ3) is 6.60. The lowest BCUT2D eigenvalue weighted by atomic mass is 10.0. The highest BCUT2D eigenvalue weighted by Crippen LogP contribution is 2.23. The molecule has 5 aromatic rings. The molecule has 0 aliphatic carbocycles. The quantitative estimate of drug-likeness (QED) is 0.0966. The molecule has 0 aromatic heterocycles. The Morgan fingerprint density at radius 3 is 2.20 bits per heavy atom. The summed E-state index contributed by atoms with van der Waals surface area (Å²) >= 11 is 5.85. The molecule has 0 fully saturated rings. The molecular formula is C31H22ClN3O5S. The lowest BCUT2D eigenvalue weighted by Crippen LogP contribution is -2.21. The van der Waals surface area contributed by atoms with Crippen LogP contribution in [0.1, 0.15) is 26.3 Å². The summed E-state index contributed by atoms with van der Waals surface area (Å²) in [5, 5.41) is 6.12. The van der Waals surface area contributed by atoms with E-state index in [0.29, 0.717) is 21.9 Å². The highest BCUT2D eigenvalue weighted by atomic mass is 35.5. The van der Waals surface area contributed by atoms with Crippen LogP contribution in [0.4, 0.5) is 5.69 Å². The molecule has 0 radical (unpaired) electrons. The Kier molecular flexibility index (Phi) is 8.09. The molecule has 0 heterocycles. The van der Waals surface area contributed by atoms with Crippen molar-refractivity contribution in [2.45, 2.75) is 4.90 Å². The second-order valence-electron chi connectivity index (χ2n) is 8.79. The molecule has 0 saturated heterocycles. The molecule has 204 valence electrons. The fraction of sp³-hybridized carbons (Fsp3) is 0. The Hall–Kier alpha value is -4.99. The number of esters is 1. The van der Waals surface area contributed by atoms with E-state index in [1.54, 1.807) is 48.5 Å². The molecule has 0 aliphatic heterocycles. The summed E-state index contributed by atoms with van der Waals surface area (Å²) < 4.78 is 33.5. The predicted octanol–water partition coefficient (Wildman–Crippen LogP) is 6.28. The SMILES string of the molecule is O=C(NN=Cc1ccc(OC(=O)c2cccc3ccccc23)cc1)c1ccccc1NS(=O)(=O)c1ccc(Cl)cc1. The fourth-order valence-electron chi connectivity index (χ4n) is 4.00. The van der Waals surface area contributed by atoms with E-state index in [2.05, 4.69) is 15.2 Å². The van der Waals surface area contributed by atoms with Crippen LogP contribution in [-0.2, 0) is 10.0 Å². The van der Waals surface area contributed by atoms with Gasteiger partial charge < -0.3 is 4.74 Å². The number of nitrogens with zero attached hydrogens (tertiary/aromatic N) is 1. The van der Waals surface area contributed by atoms with E-state index in [1.165, 1.54) is 42.6 Å². The molecule has 10 heteroatoms. The number of carbonyl (C=O) groups is 2. The van der Waals surface area contributed by atoms with E-state index in [0.717, 1.165) is 10.8 Å². The lowest BCUT2D eigenvalue weighted by molar-refractivity contribution is 0.0736. The van der Waals surface area contributed by atoms with Gasteiger partial charge in [-0.3, -0.25) is 9.52 Å². The van der Waals surface area contributed by atoms with Crippen LogP contribution >= 0.6 is 11.6 Å². The van der Waals surface area contributed by atoms with Crippen molar-refractivity contribution in [3.05, 3.63) is 137 Å². The van der Waals surface area contributed by atoms with E-state index in [4.69, 9.17) is 16.3 Å². The zero-order chi connectivity index (χ0) is 28.8. The maximum Gasteiger partial charge on any atom is 0.344 e. The largest absolute Gasteiger partial charge is 0.423 e. The van der Waals surface area contributed by atoms with Crippen molar-refractivity contribution in [2.75, 3.05) is 4.72 Å². The minimum Gasteiger partial charge on any atom is -0.423 e. The summed E-state index contributed by atoms with van der Waals surface area (Å²) in [5.74, 6) is -0.733. The highest BCUT2D eigenvalue weighted by molar-refractivity contribution is 7.92. The Bertz CT molecular complexity index is 1870. The fourth-order valence-corrected chi connectivity index (χ4v) is 5.21. The second-order valence-corrected chi connectivity index (χ2v) is 10.9. The van der Waals surface area contributed by atoms with Crippen LogP contribution in [0.25, 0.3) is 10.8 Å². The highest BCUT2D eigenvalue weighted by Gasteiger charge is 2.18. The van der Waals surface area contributed by atoms with Crippen molar-refractivity contribution < 1.29 is 22.7 Å². The number of rotatable bonds is 8. The average molecular weight is 584 g/mol. The third-order valence-electron chi connectivity index (χ3n) is 6.02. The molecule has 0 spiro atoms. The standard InChI is InChI=1S/C31H22ClN3O5S/c32-23-14-18-25(19-15-23)41(38,39)35-29-11-4-3-9-28(29)30(36)34-33-20-21-12-16-24(17-13-21)40-31(37)27-10-5-7-22-6-1-2-8-26(22)27/h1-20,35H,(H,34,36). The maximum absolute atomic E-state index is 12.8. The van der Waals surface area contributed by atoms with Gasteiger partial charge in [0.2, 0.25) is 0 Å². The topological polar surface area (TPSA) is 114 Å². The molecule has 5 aromatic carbocycles. The normalized spacial score (nSPS) is 11.3. The van der Waals surface area contributed by atoms with Crippen LogP contribution in [0, 0.1) is 0 Å². The number of hydrazone groups is 1. The van der Waals surface area contributed by atoms with Crippen LogP contribution in [0.15, 0.2) is 125 Å². The molecular weight excluding hydrogens is 562 g/mol. The number of halogens is 1. The number of benzene rings is 5. The van der Waals surface area contributed by atoms with Crippen molar-refractivity contribution in [1.82, 2.24) is 5.43 Å². The molecule has 1 amide bonds. The van der Waals surface area contributed by atoms with E-state index in [9.17, 15) is 18.0 Å². The van der Waals surface area contributed by atoms with Gasteiger partial charge in [0.15, 0.2) is 0 Å². The number of hydrogen-bond donors (Lipinski definition) is 2. The van der Waals surface area contributed by atoms with Gasteiger partial charge in [-0.1, -0.05) is 60.1 Å². The number of hydrogen-bond acceptors (Lipinski definition) is 6. The average Bonchev–Trinajstić information content (AvgIpc) is 2.98. The number of fused-ring (bicyclic) bond motifs is 1. The van der Waals surface area contributed by atoms with Crippen LogP contribution in [-0.4, -0.2) is 26.5 Å². The number of carbonyl (C=O) groups excluding carboxylic acids is 2. The Morgan fingerprint density at radius 1 is 0.756 bits per heavy atom. The van der Waals surface area contributed by atoms with Gasteiger partial charge >= 0.3 is 5.97 Å². The molecule has 0 saturated carbocycles. The van der Waals surface area contributed by atoms with Crippen molar-refractivity contribution in [3.8, 4) is 5.75 Å². The molecule has 0 aliphatic rings. The van der Waals surface area contributed by atoms with Crippen molar-refractivity contribution in [2.24, 2.45) is 5.10 Å². The maximum atomic E-state index is 12.8. The van der Waals surface area contributed by atoms with Gasteiger partial charge in [-0.2, -0.15) is 5.10 Å². The van der Waals surface area contributed by atoms with E-state index >= 15 is 0 Å². The number of amides is 1. The van der Waals surface area contributed by atoms with Crippen molar-refractivity contribution >= 4 is 56.2 Å². The number of para-hydroxylation sites is 1. The van der Waals surface area contributed by atoms with E-state index < -0.39 is 21.9 Å². The second kappa shape index (κ2) is 12.0.